The van der Waals surface area contributed by atoms with Crippen LogP contribution < -0.4 is 5.11 Å². The van der Waals surface area contributed by atoms with Gasteiger partial charge in [-0.1, -0.05) is 62.1 Å². The van der Waals surface area contributed by atoms with Crippen LogP contribution in [0.1, 0.15) is 101 Å². The second-order valence-corrected chi connectivity index (χ2v) is 13.8. The number of allylic oxidation sites excluding steroid dienone is 1. The molecule has 1 N–H and O–H groups in total. The van der Waals surface area contributed by atoms with E-state index in [1.165, 1.54) is 5.57 Å². The Labute approximate surface area is 215 Å². The zero-order valence-electron chi connectivity index (χ0n) is 22.3. The van der Waals surface area contributed by atoms with Gasteiger partial charge in [-0.25, -0.2) is 0 Å². The molecule has 5 nitrogen and oxygen atoms in total. The maximum atomic E-state index is 14.7. The van der Waals surface area contributed by atoms with Gasteiger partial charge in [0.15, 0.2) is 5.79 Å². The second kappa shape index (κ2) is 7.99. The van der Waals surface area contributed by atoms with Gasteiger partial charge in [0, 0.05) is 28.7 Å². The summed E-state index contributed by atoms with van der Waals surface area (Å²) in [6.07, 6.45) is 6.78. The van der Waals surface area contributed by atoms with Gasteiger partial charge in [-0.15, -0.1) is 0 Å². The lowest BCUT2D eigenvalue weighted by molar-refractivity contribution is -0.491. The van der Waals surface area contributed by atoms with Gasteiger partial charge in [-0.05, 0) is 68.9 Å². The first-order valence-corrected chi connectivity index (χ1v) is 13.9. The zero-order valence-corrected chi connectivity index (χ0v) is 22.3. The molecule has 1 aromatic rings. The molecule has 5 aliphatic rings. The Balaban J connectivity index is 1.44. The lowest BCUT2D eigenvalue weighted by Crippen LogP contribution is -2.62. The molecule has 4 fully saturated rings. The summed E-state index contributed by atoms with van der Waals surface area (Å²) in [6.45, 7) is 9.80. The monoisotopic (exact) mass is 493 g/mol. The molecule has 3 saturated carbocycles. The number of benzene rings is 1. The van der Waals surface area contributed by atoms with Gasteiger partial charge >= 0.3 is 0 Å². The summed E-state index contributed by atoms with van der Waals surface area (Å²) >= 11 is 0. The van der Waals surface area contributed by atoms with E-state index in [2.05, 4.69) is 26.8 Å². The maximum absolute atomic E-state index is 14.7. The standard InChI is InChI=1S/C31H41O5/c1-27(2)18-35-31(36-19-27)13-10-25-26-22(8-12-30(25,34)17-31)24-9-11-29(4,33)28(24,3)15-23(26)21-7-5-6-20(14-21)16-32/h5-7,14,16,22-24,33H,8-13,15,17-19H2,1-4H3/q-1/t22?,23?,24?,28?,29-,30?/m0/s1. The molecule has 1 spiro atoms. The van der Waals surface area contributed by atoms with E-state index in [1.54, 1.807) is 0 Å². The van der Waals surface area contributed by atoms with Gasteiger partial charge in [0.25, 0.3) is 0 Å². The van der Waals surface area contributed by atoms with E-state index in [0.29, 0.717) is 49.9 Å². The maximum Gasteiger partial charge on any atom is 0.168 e. The van der Waals surface area contributed by atoms with E-state index >= 15 is 0 Å². The van der Waals surface area contributed by atoms with Crippen molar-refractivity contribution in [2.45, 2.75) is 102 Å². The quantitative estimate of drug-likeness (QED) is 0.468. The molecule has 1 aromatic carbocycles. The number of rotatable bonds is 2. The SMILES string of the molecule is CC1(C)COC2(CCC3=C4C(c5cccc(C=O)c5)CC5(C)C(CC[C@]5(C)O)C4CCC3([O-])C2)OC1. The Morgan fingerprint density at radius 1 is 1.06 bits per heavy atom. The molecule has 1 saturated heterocycles. The van der Waals surface area contributed by atoms with Crippen LogP contribution in [0.25, 0.3) is 0 Å². The van der Waals surface area contributed by atoms with Gasteiger partial charge < -0.3 is 19.7 Å². The molecule has 6 rings (SSSR count). The van der Waals surface area contributed by atoms with Crippen molar-refractivity contribution in [3.63, 3.8) is 0 Å². The molecule has 0 aromatic heterocycles. The highest BCUT2D eigenvalue weighted by molar-refractivity contribution is 5.75. The van der Waals surface area contributed by atoms with E-state index < -0.39 is 17.0 Å². The minimum absolute atomic E-state index is 0.0281. The van der Waals surface area contributed by atoms with Gasteiger partial charge in [0.05, 0.1) is 18.8 Å². The summed E-state index contributed by atoms with van der Waals surface area (Å²) in [7, 11) is 0. The number of carbonyl (C=O) groups is 1. The van der Waals surface area contributed by atoms with Crippen LogP contribution in [0, 0.1) is 22.7 Å². The smallest absolute Gasteiger partial charge is 0.168 e. The van der Waals surface area contributed by atoms with Crippen LogP contribution in [0.2, 0.25) is 0 Å². The molecule has 1 aliphatic heterocycles. The van der Waals surface area contributed by atoms with Crippen molar-refractivity contribution in [1.82, 2.24) is 0 Å². The second-order valence-electron chi connectivity index (χ2n) is 13.8. The predicted octanol–water partition coefficient (Wildman–Crippen LogP) is 4.91. The van der Waals surface area contributed by atoms with Gasteiger partial charge in [0.2, 0.25) is 0 Å². The van der Waals surface area contributed by atoms with Crippen LogP contribution in [0.3, 0.4) is 0 Å². The number of aliphatic hydroxyl groups is 1. The van der Waals surface area contributed by atoms with E-state index in [0.717, 1.165) is 49.5 Å². The summed E-state index contributed by atoms with van der Waals surface area (Å²) in [5, 5.41) is 26.2. The molecule has 4 aliphatic carbocycles. The average Bonchev–Trinajstić information content (AvgIpc) is 3.08. The summed E-state index contributed by atoms with van der Waals surface area (Å²) in [5.41, 5.74) is 2.02. The number of hydrogen-bond acceptors (Lipinski definition) is 5. The highest BCUT2D eigenvalue weighted by atomic mass is 16.7. The first-order valence-electron chi connectivity index (χ1n) is 13.9. The third-order valence-electron chi connectivity index (χ3n) is 10.8. The van der Waals surface area contributed by atoms with E-state index in [9.17, 15) is 15.0 Å². The van der Waals surface area contributed by atoms with Crippen LogP contribution in [0.4, 0.5) is 0 Å². The molecular weight excluding hydrogens is 452 g/mol. The Bertz CT molecular complexity index is 1090. The van der Waals surface area contributed by atoms with Crippen LogP contribution in [0.5, 0.6) is 0 Å². The predicted molar refractivity (Wildman–Crippen MR) is 135 cm³/mol. The van der Waals surface area contributed by atoms with Gasteiger partial charge in [0.1, 0.15) is 6.29 Å². The number of aldehydes is 1. The molecule has 1 heterocycles. The lowest BCUT2D eigenvalue weighted by atomic mass is 9.50. The molecule has 0 radical (unpaired) electrons. The topological polar surface area (TPSA) is 78.8 Å². The highest BCUT2D eigenvalue weighted by Gasteiger charge is 2.62. The van der Waals surface area contributed by atoms with E-state index in [1.807, 2.05) is 25.1 Å². The van der Waals surface area contributed by atoms with Crippen LogP contribution in [-0.4, -0.2) is 41.6 Å². The summed E-state index contributed by atoms with van der Waals surface area (Å²) in [6, 6.07) is 7.90. The summed E-state index contributed by atoms with van der Waals surface area (Å²) < 4.78 is 12.6. The minimum atomic E-state index is -1.18. The molecule has 5 heteroatoms. The highest BCUT2D eigenvalue weighted by Crippen LogP contribution is 2.67. The first-order chi connectivity index (χ1) is 16.9. The lowest BCUT2D eigenvalue weighted by Gasteiger charge is -2.62. The fourth-order valence-electron chi connectivity index (χ4n) is 8.60. The number of ether oxygens (including phenoxy) is 2. The number of fused-ring (bicyclic) bond motifs is 4. The van der Waals surface area contributed by atoms with Gasteiger partial charge in [-0.2, -0.15) is 0 Å². The van der Waals surface area contributed by atoms with Crippen molar-refractivity contribution in [2.75, 3.05) is 13.2 Å². The fraction of sp³-hybridized carbons (Fsp3) is 0.710. The zero-order chi connectivity index (χ0) is 25.6. The van der Waals surface area contributed by atoms with Crippen LogP contribution in [-0.2, 0) is 9.47 Å². The van der Waals surface area contributed by atoms with Crippen molar-refractivity contribution in [3.05, 3.63) is 46.5 Å². The normalized spacial score (nSPS) is 43.0. The molecular formula is C31H41O5-. The molecule has 0 amide bonds. The van der Waals surface area contributed by atoms with Crippen molar-refractivity contribution in [1.29, 1.82) is 0 Å². The summed E-state index contributed by atoms with van der Waals surface area (Å²) in [4.78, 5) is 11.6. The fourth-order valence-corrected chi connectivity index (χ4v) is 8.60. The molecule has 5 unspecified atom stereocenters. The first kappa shape index (κ1) is 24.8. The average molecular weight is 494 g/mol. The largest absolute Gasteiger partial charge is 0.846 e. The molecule has 0 bridgehead atoms. The van der Waals surface area contributed by atoms with Crippen molar-refractivity contribution in [3.8, 4) is 0 Å². The van der Waals surface area contributed by atoms with Crippen LogP contribution >= 0.6 is 0 Å². The third-order valence-corrected chi connectivity index (χ3v) is 10.8. The Morgan fingerprint density at radius 3 is 2.53 bits per heavy atom. The Morgan fingerprint density at radius 2 is 1.81 bits per heavy atom. The Kier molecular flexibility index (Phi) is 5.50. The summed E-state index contributed by atoms with van der Waals surface area (Å²) in [5.74, 6) is -0.0308. The van der Waals surface area contributed by atoms with Crippen molar-refractivity contribution < 1.29 is 24.5 Å². The molecule has 6 atom stereocenters. The molecule has 196 valence electrons. The van der Waals surface area contributed by atoms with Crippen LogP contribution in [0.15, 0.2) is 35.4 Å². The van der Waals surface area contributed by atoms with E-state index in [4.69, 9.17) is 9.47 Å². The Hall–Kier alpha value is -1.53. The third kappa shape index (κ3) is 3.60. The minimum Gasteiger partial charge on any atom is -0.846 e. The van der Waals surface area contributed by atoms with Crippen molar-refractivity contribution >= 4 is 6.29 Å². The van der Waals surface area contributed by atoms with Gasteiger partial charge in [-0.3, -0.25) is 4.79 Å². The van der Waals surface area contributed by atoms with E-state index in [-0.39, 0.29) is 16.7 Å². The molecule has 36 heavy (non-hydrogen) atoms. The number of carbonyl (C=O) groups excluding carboxylic acids is 1. The number of hydrogen-bond donors (Lipinski definition) is 1. The van der Waals surface area contributed by atoms with Crippen molar-refractivity contribution in [2.24, 2.45) is 22.7 Å².